The smallest absolute Gasteiger partial charge is 0.0464 e. The second-order valence-corrected chi connectivity index (χ2v) is 10.7. The van der Waals surface area contributed by atoms with E-state index in [0.717, 1.165) is 44.9 Å². The highest BCUT2D eigenvalue weighted by atomic mass is 32.1. The molecular formula is C39H37NS. The summed E-state index contributed by atoms with van der Waals surface area (Å²) in [6, 6.07) is 21.7. The zero-order valence-corrected chi connectivity index (χ0v) is 24.8. The Morgan fingerprint density at radius 2 is 1.68 bits per heavy atom. The Morgan fingerprint density at radius 1 is 0.878 bits per heavy atom. The number of fused-ring (bicyclic) bond motifs is 1. The highest BCUT2D eigenvalue weighted by molar-refractivity contribution is 7.20. The minimum Gasteiger partial charge on any atom is -0.355 e. The lowest BCUT2D eigenvalue weighted by molar-refractivity contribution is 1.19. The van der Waals surface area contributed by atoms with E-state index in [9.17, 15) is 0 Å². The number of nitrogens with one attached hydrogen (secondary N) is 1. The molecule has 2 heteroatoms. The fourth-order valence-electron chi connectivity index (χ4n) is 4.75. The highest BCUT2D eigenvalue weighted by Crippen LogP contribution is 2.41. The molecule has 0 fully saturated rings. The van der Waals surface area contributed by atoms with E-state index in [1.165, 1.54) is 26.8 Å². The summed E-state index contributed by atoms with van der Waals surface area (Å²) in [6.07, 6.45) is 20.9. The van der Waals surface area contributed by atoms with Crippen molar-refractivity contribution < 1.29 is 0 Å². The molecule has 3 aromatic carbocycles. The molecule has 4 aromatic rings. The van der Waals surface area contributed by atoms with Crippen LogP contribution in [0.3, 0.4) is 0 Å². The van der Waals surface area contributed by atoms with Gasteiger partial charge in [-0.25, -0.2) is 0 Å². The van der Waals surface area contributed by atoms with Gasteiger partial charge in [-0.15, -0.1) is 11.3 Å². The summed E-state index contributed by atoms with van der Waals surface area (Å²) in [4.78, 5) is 1.14. The zero-order valence-electron chi connectivity index (χ0n) is 24.0. The van der Waals surface area contributed by atoms with Gasteiger partial charge in [-0.05, 0) is 77.9 Å². The molecule has 0 saturated carbocycles. The SMILES string of the molecule is C=C/C=C\C(=C/C)Cc1ccc(Nc2ccc(-c3cccc4c(C=C)c(C=C)sc34)cc2C(=C)/C=C\C=C/C)cc1. The Labute approximate surface area is 249 Å². The third kappa shape index (κ3) is 6.92. The molecule has 0 bridgehead atoms. The van der Waals surface area contributed by atoms with E-state index in [4.69, 9.17) is 0 Å². The monoisotopic (exact) mass is 551 g/mol. The first kappa shape index (κ1) is 29.3. The third-order valence-electron chi connectivity index (χ3n) is 6.91. The van der Waals surface area contributed by atoms with E-state index >= 15 is 0 Å². The summed E-state index contributed by atoms with van der Waals surface area (Å²) in [5.41, 5.74) is 10.0. The van der Waals surface area contributed by atoms with Gasteiger partial charge in [0, 0.05) is 31.9 Å². The molecule has 0 aliphatic heterocycles. The van der Waals surface area contributed by atoms with Gasteiger partial charge in [0.25, 0.3) is 0 Å². The molecule has 1 heterocycles. The molecule has 41 heavy (non-hydrogen) atoms. The Hall–Kier alpha value is -4.66. The Balaban J connectivity index is 1.71. The van der Waals surface area contributed by atoms with Gasteiger partial charge in [0.15, 0.2) is 0 Å². The van der Waals surface area contributed by atoms with Crippen LogP contribution in [0.25, 0.3) is 38.9 Å². The Bertz CT molecular complexity index is 1700. The van der Waals surface area contributed by atoms with E-state index in [2.05, 4.69) is 117 Å². The van der Waals surface area contributed by atoms with Crippen LogP contribution in [0.2, 0.25) is 0 Å². The van der Waals surface area contributed by atoms with Crippen molar-refractivity contribution in [3.8, 4) is 11.1 Å². The molecule has 0 aliphatic carbocycles. The van der Waals surface area contributed by atoms with Crippen molar-refractivity contribution in [2.24, 2.45) is 0 Å². The van der Waals surface area contributed by atoms with E-state index in [1.807, 2.05) is 43.4 Å². The van der Waals surface area contributed by atoms with E-state index in [1.54, 1.807) is 17.4 Å². The maximum Gasteiger partial charge on any atom is 0.0464 e. The fraction of sp³-hybridized carbons (Fsp3) is 0.0769. The van der Waals surface area contributed by atoms with Crippen LogP contribution < -0.4 is 5.32 Å². The zero-order chi connectivity index (χ0) is 29.2. The van der Waals surface area contributed by atoms with Gasteiger partial charge in [0.1, 0.15) is 0 Å². The lowest BCUT2D eigenvalue weighted by Crippen LogP contribution is -1.97. The number of rotatable bonds is 12. The molecule has 1 nitrogen and oxygen atoms in total. The highest BCUT2D eigenvalue weighted by Gasteiger charge is 2.14. The normalized spacial score (nSPS) is 12.0. The molecule has 0 spiro atoms. The fourth-order valence-corrected chi connectivity index (χ4v) is 5.94. The van der Waals surface area contributed by atoms with Gasteiger partial charge < -0.3 is 5.32 Å². The maximum atomic E-state index is 4.42. The third-order valence-corrected chi connectivity index (χ3v) is 8.16. The van der Waals surface area contributed by atoms with Crippen molar-refractivity contribution >= 4 is 50.5 Å². The average Bonchev–Trinajstić information content (AvgIpc) is 3.38. The van der Waals surface area contributed by atoms with Crippen LogP contribution in [0, 0.1) is 0 Å². The lowest BCUT2D eigenvalue weighted by Gasteiger charge is -2.15. The van der Waals surface area contributed by atoms with E-state index < -0.39 is 0 Å². The summed E-state index contributed by atoms with van der Waals surface area (Å²) >= 11 is 1.76. The topological polar surface area (TPSA) is 12.0 Å². The number of hydrogen-bond donors (Lipinski definition) is 1. The second kappa shape index (κ2) is 14.1. The van der Waals surface area contributed by atoms with E-state index in [-0.39, 0.29) is 0 Å². The van der Waals surface area contributed by atoms with Crippen LogP contribution in [-0.4, -0.2) is 0 Å². The maximum absolute atomic E-state index is 4.42. The summed E-state index contributed by atoms with van der Waals surface area (Å²) in [7, 11) is 0. The summed E-state index contributed by atoms with van der Waals surface area (Å²) in [5.74, 6) is 0. The summed E-state index contributed by atoms with van der Waals surface area (Å²) in [6.45, 7) is 20.3. The largest absolute Gasteiger partial charge is 0.355 e. The minimum absolute atomic E-state index is 0.878. The Morgan fingerprint density at radius 3 is 2.37 bits per heavy atom. The molecule has 1 N–H and O–H groups in total. The minimum atomic E-state index is 0.878. The molecule has 0 atom stereocenters. The molecule has 204 valence electrons. The number of anilines is 2. The molecular weight excluding hydrogens is 515 g/mol. The second-order valence-electron chi connectivity index (χ2n) is 9.60. The molecule has 0 aliphatic rings. The predicted molar refractivity (Wildman–Crippen MR) is 187 cm³/mol. The molecule has 0 radical (unpaired) electrons. The van der Waals surface area contributed by atoms with Crippen LogP contribution in [0.15, 0.2) is 141 Å². The molecule has 4 rings (SSSR count). The van der Waals surface area contributed by atoms with Crippen molar-refractivity contribution in [1.29, 1.82) is 0 Å². The van der Waals surface area contributed by atoms with Crippen LogP contribution in [-0.2, 0) is 6.42 Å². The van der Waals surface area contributed by atoms with Crippen LogP contribution >= 0.6 is 11.3 Å². The van der Waals surface area contributed by atoms with Crippen molar-refractivity contribution in [2.45, 2.75) is 20.3 Å². The van der Waals surface area contributed by atoms with Crippen LogP contribution in [0.1, 0.15) is 35.4 Å². The van der Waals surface area contributed by atoms with E-state index in [0.29, 0.717) is 0 Å². The molecule has 1 aromatic heterocycles. The number of benzene rings is 3. The lowest BCUT2D eigenvalue weighted by atomic mass is 9.96. The van der Waals surface area contributed by atoms with Gasteiger partial charge in [0.2, 0.25) is 0 Å². The van der Waals surface area contributed by atoms with Gasteiger partial charge in [-0.2, -0.15) is 0 Å². The van der Waals surface area contributed by atoms with Crippen molar-refractivity contribution in [3.05, 3.63) is 163 Å². The van der Waals surface area contributed by atoms with Crippen LogP contribution in [0.4, 0.5) is 11.4 Å². The molecule has 0 saturated heterocycles. The first-order valence-corrected chi connectivity index (χ1v) is 14.6. The first-order chi connectivity index (χ1) is 20.0. The number of thiophene rings is 1. The quantitative estimate of drug-likeness (QED) is 0.173. The first-order valence-electron chi connectivity index (χ1n) is 13.8. The van der Waals surface area contributed by atoms with Crippen molar-refractivity contribution in [3.63, 3.8) is 0 Å². The molecule has 0 amide bonds. The summed E-state index contributed by atoms with van der Waals surface area (Å²) in [5, 5.41) is 4.84. The van der Waals surface area contributed by atoms with Gasteiger partial charge >= 0.3 is 0 Å². The number of allylic oxidation sites excluding steroid dienone is 10. The number of hydrogen-bond acceptors (Lipinski definition) is 2. The molecule has 0 unspecified atom stereocenters. The average molecular weight is 552 g/mol. The standard InChI is InChI=1S/C39H37NS/c1-7-12-14-16-28(6)36-27-31(34-18-15-19-35-33(10-4)38(11-5)41-39(34)35)22-25-37(36)40-32-23-20-30(21-24-32)26-29(9-3)17-13-8-2/h7-25,27,40H,2,4-6,26H2,1,3H3/b12-7-,16-14-,17-13-,29-9+. The van der Waals surface area contributed by atoms with Crippen LogP contribution in [0.5, 0.6) is 0 Å². The van der Waals surface area contributed by atoms with Gasteiger partial charge in [-0.3, -0.25) is 0 Å². The van der Waals surface area contributed by atoms with Gasteiger partial charge in [-0.1, -0.05) is 123 Å². The van der Waals surface area contributed by atoms with Crippen molar-refractivity contribution in [1.82, 2.24) is 0 Å². The Kier molecular flexibility index (Phi) is 10.1. The van der Waals surface area contributed by atoms with Crippen molar-refractivity contribution in [2.75, 3.05) is 5.32 Å². The summed E-state index contributed by atoms with van der Waals surface area (Å²) < 4.78 is 1.23. The van der Waals surface area contributed by atoms with Gasteiger partial charge in [0.05, 0.1) is 0 Å². The predicted octanol–water partition coefficient (Wildman–Crippen LogP) is 12.0.